The van der Waals surface area contributed by atoms with Crippen molar-refractivity contribution in [3.05, 3.63) is 89.9 Å². The number of carboxylic acid groups (broad SMARTS) is 1. The van der Waals surface area contributed by atoms with Gasteiger partial charge in [-0.1, -0.05) is 32.8 Å². The number of nitrogens with one attached hydrogen (secondary N) is 1. The summed E-state index contributed by atoms with van der Waals surface area (Å²) in [5.41, 5.74) is 2.41. The van der Waals surface area contributed by atoms with E-state index >= 15 is 0 Å². The molecule has 0 radical (unpaired) electrons. The molecule has 0 spiro atoms. The Labute approximate surface area is 202 Å². The molecule has 0 fully saturated rings. The van der Waals surface area contributed by atoms with Crippen LogP contribution in [0.5, 0.6) is 5.75 Å². The number of phenols is 1. The number of aromatic hydroxyl groups is 1. The first-order chi connectivity index (χ1) is 16.9. The van der Waals surface area contributed by atoms with Crippen LogP contribution in [0.2, 0.25) is 0 Å². The van der Waals surface area contributed by atoms with Gasteiger partial charge < -0.3 is 15.5 Å². The lowest BCUT2D eigenvalue weighted by molar-refractivity contribution is -0.112. The fourth-order valence-corrected chi connectivity index (χ4v) is 4.24. The first-order valence-corrected chi connectivity index (χ1v) is 12.2. The summed E-state index contributed by atoms with van der Waals surface area (Å²) in [5, 5.41) is 22.4. The molecule has 0 bridgehead atoms. The lowest BCUT2D eigenvalue weighted by Crippen LogP contribution is -2.41. The Morgan fingerprint density at radius 2 is 1.80 bits per heavy atom. The predicted molar refractivity (Wildman–Crippen MR) is 134 cm³/mol. The topological polar surface area (TPSA) is 129 Å². The summed E-state index contributed by atoms with van der Waals surface area (Å²) >= 11 is 0. The Kier molecular flexibility index (Phi) is 7.13. The van der Waals surface area contributed by atoms with Gasteiger partial charge in [-0.25, -0.2) is 9.78 Å². The maximum Gasteiger partial charge on any atom is 0.336 e. The molecule has 2 atom stereocenters. The lowest BCUT2D eigenvalue weighted by Gasteiger charge is -2.17. The maximum absolute atomic E-state index is 13.1. The molecule has 0 saturated heterocycles. The summed E-state index contributed by atoms with van der Waals surface area (Å²) in [6.07, 6.45) is 3.56. The first kappa shape index (κ1) is 24.0. The number of pyridine rings is 2. The van der Waals surface area contributed by atoms with Crippen molar-refractivity contribution in [2.24, 2.45) is 0 Å². The SMILES string of the molecule is CPC(=O)[C@H](Cc1ccc(O)cc1)NC(=O)c1cc(C(=O)O)c2cc(-c3cccnc3)ccc2n1. The van der Waals surface area contributed by atoms with Gasteiger partial charge in [0.25, 0.3) is 5.91 Å². The highest BCUT2D eigenvalue weighted by Gasteiger charge is 2.23. The number of carboxylic acids is 1. The predicted octanol–water partition coefficient (Wildman–Crippen LogP) is 3.88. The number of hydrogen-bond donors (Lipinski definition) is 3. The van der Waals surface area contributed by atoms with E-state index in [1.165, 1.54) is 18.2 Å². The van der Waals surface area contributed by atoms with Gasteiger partial charge in [0.2, 0.25) is 0 Å². The number of benzene rings is 2. The Bertz CT molecular complexity index is 1410. The number of carbonyl (C=O) groups excluding carboxylic acids is 2. The van der Waals surface area contributed by atoms with Crippen molar-refractivity contribution in [2.45, 2.75) is 12.5 Å². The zero-order chi connectivity index (χ0) is 24.9. The number of amides is 1. The number of aromatic carboxylic acids is 1. The summed E-state index contributed by atoms with van der Waals surface area (Å²) in [5.74, 6) is -1.73. The minimum Gasteiger partial charge on any atom is -0.508 e. The van der Waals surface area contributed by atoms with E-state index in [1.54, 1.807) is 55.5 Å². The Balaban J connectivity index is 1.67. The van der Waals surface area contributed by atoms with Crippen LogP contribution in [0.25, 0.3) is 22.0 Å². The highest BCUT2D eigenvalue weighted by molar-refractivity contribution is 7.57. The standard InChI is InChI=1S/C26H22N3O5P/c1-35-26(34)23(11-15-4-7-18(30)8-5-15)29-24(31)22-13-20(25(32)33)19-12-16(6-9-21(19)28-22)17-3-2-10-27-14-17/h2-10,12-14,23,30,35H,11H2,1H3,(H,29,31)(H,32,33)/t23-/m0/s1. The molecule has 9 heteroatoms. The number of phenolic OH excluding ortho intramolecular Hbond substituents is 1. The number of fused-ring (bicyclic) bond motifs is 1. The van der Waals surface area contributed by atoms with Crippen LogP contribution in [0.4, 0.5) is 0 Å². The fourth-order valence-electron chi connectivity index (χ4n) is 3.72. The van der Waals surface area contributed by atoms with E-state index < -0.39 is 17.9 Å². The van der Waals surface area contributed by atoms with Gasteiger partial charge in [-0.05, 0) is 54.2 Å². The van der Waals surface area contributed by atoms with Crippen molar-refractivity contribution in [2.75, 3.05) is 6.66 Å². The van der Waals surface area contributed by atoms with Gasteiger partial charge in [0.05, 0.1) is 17.1 Å². The van der Waals surface area contributed by atoms with E-state index in [2.05, 4.69) is 15.3 Å². The molecule has 4 aromatic rings. The van der Waals surface area contributed by atoms with E-state index in [0.717, 1.165) is 16.7 Å². The summed E-state index contributed by atoms with van der Waals surface area (Å²) in [7, 11) is -0.0414. The number of nitrogens with zero attached hydrogens (tertiary/aromatic N) is 2. The van der Waals surface area contributed by atoms with Crippen molar-refractivity contribution in [1.82, 2.24) is 15.3 Å². The molecular formula is C26H22N3O5P. The Hall–Kier alpha value is -4.16. The van der Waals surface area contributed by atoms with Gasteiger partial charge in [0, 0.05) is 29.8 Å². The van der Waals surface area contributed by atoms with Crippen molar-refractivity contribution in [1.29, 1.82) is 0 Å². The van der Waals surface area contributed by atoms with Gasteiger partial charge in [-0.15, -0.1) is 0 Å². The molecule has 0 aliphatic rings. The maximum atomic E-state index is 13.1. The van der Waals surface area contributed by atoms with Crippen molar-refractivity contribution in [3.8, 4) is 16.9 Å². The first-order valence-electron chi connectivity index (χ1n) is 10.7. The van der Waals surface area contributed by atoms with Gasteiger partial charge in [-0.3, -0.25) is 14.6 Å². The van der Waals surface area contributed by atoms with Crippen molar-refractivity contribution < 1.29 is 24.6 Å². The Morgan fingerprint density at radius 3 is 2.46 bits per heavy atom. The van der Waals surface area contributed by atoms with Crippen molar-refractivity contribution in [3.63, 3.8) is 0 Å². The minimum absolute atomic E-state index is 0.0414. The molecule has 2 heterocycles. The smallest absolute Gasteiger partial charge is 0.336 e. The molecule has 2 aromatic heterocycles. The van der Waals surface area contributed by atoms with Gasteiger partial charge >= 0.3 is 5.97 Å². The second kappa shape index (κ2) is 10.4. The molecule has 0 aliphatic heterocycles. The molecule has 0 saturated carbocycles. The quantitative estimate of drug-likeness (QED) is 0.322. The van der Waals surface area contributed by atoms with Crippen LogP contribution in [0.3, 0.4) is 0 Å². The second-order valence-corrected chi connectivity index (χ2v) is 8.84. The van der Waals surface area contributed by atoms with Crippen LogP contribution in [0, 0.1) is 0 Å². The van der Waals surface area contributed by atoms with Gasteiger partial charge in [-0.2, -0.15) is 0 Å². The largest absolute Gasteiger partial charge is 0.508 e. The molecule has 176 valence electrons. The summed E-state index contributed by atoms with van der Waals surface area (Å²) in [4.78, 5) is 46.1. The number of rotatable bonds is 8. The highest BCUT2D eigenvalue weighted by Crippen LogP contribution is 2.26. The lowest BCUT2D eigenvalue weighted by atomic mass is 10.0. The average molecular weight is 487 g/mol. The number of carbonyl (C=O) groups is 3. The van der Waals surface area contributed by atoms with Gasteiger partial charge in [0.15, 0.2) is 5.52 Å². The number of aromatic nitrogens is 2. The van der Waals surface area contributed by atoms with Crippen LogP contribution in [0.1, 0.15) is 26.4 Å². The zero-order valence-corrected chi connectivity index (χ0v) is 19.7. The molecule has 3 N–H and O–H groups in total. The van der Waals surface area contributed by atoms with Crippen LogP contribution in [-0.4, -0.2) is 50.3 Å². The average Bonchev–Trinajstić information content (AvgIpc) is 2.88. The Morgan fingerprint density at radius 1 is 1.03 bits per heavy atom. The van der Waals surface area contributed by atoms with E-state index in [1.807, 2.05) is 6.07 Å². The van der Waals surface area contributed by atoms with Crippen LogP contribution >= 0.6 is 8.58 Å². The minimum atomic E-state index is -1.19. The van der Waals surface area contributed by atoms with E-state index in [4.69, 9.17) is 0 Å². The molecule has 1 unspecified atom stereocenters. The van der Waals surface area contributed by atoms with Crippen LogP contribution < -0.4 is 5.32 Å². The molecule has 0 aliphatic carbocycles. The van der Waals surface area contributed by atoms with Crippen LogP contribution in [0.15, 0.2) is 73.1 Å². The molecule has 4 rings (SSSR count). The third kappa shape index (κ3) is 5.50. The van der Waals surface area contributed by atoms with Crippen LogP contribution in [-0.2, 0) is 11.2 Å². The van der Waals surface area contributed by atoms with Crippen molar-refractivity contribution >= 4 is 36.9 Å². The van der Waals surface area contributed by atoms with E-state index in [9.17, 15) is 24.6 Å². The van der Waals surface area contributed by atoms with E-state index in [0.29, 0.717) is 10.9 Å². The molecule has 35 heavy (non-hydrogen) atoms. The third-order valence-corrected chi connectivity index (χ3v) is 6.35. The fraction of sp³-hybridized carbons (Fsp3) is 0.115. The summed E-state index contributed by atoms with van der Waals surface area (Å²) < 4.78 is 0. The molecule has 1 amide bonds. The van der Waals surface area contributed by atoms with E-state index in [-0.39, 0.29) is 37.5 Å². The number of hydrogen-bond acceptors (Lipinski definition) is 6. The zero-order valence-electron chi connectivity index (χ0n) is 18.7. The normalized spacial score (nSPS) is 12.0. The summed E-state index contributed by atoms with van der Waals surface area (Å²) in [6, 6.07) is 15.6. The molecular weight excluding hydrogens is 465 g/mol. The molecule has 8 nitrogen and oxygen atoms in total. The third-order valence-electron chi connectivity index (χ3n) is 5.51. The molecule has 2 aromatic carbocycles. The highest BCUT2D eigenvalue weighted by atomic mass is 31.1. The summed E-state index contributed by atoms with van der Waals surface area (Å²) in [6.45, 7) is 1.73. The van der Waals surface area contributed by atoms with Gasteiger partial charge in [0.1, 0.15) is 11.4 Å². The second-order valence-electron chi connectivity index (χ2n) is 7.84. The monoisotopic (exact) mass is 487 g/mol.